The van der Waals surface area contributed by atoms with Crippen molar-refractivity contribution in [1.82, 2.24) is 15.2 Å². The van der Waals surface area contributed by atoms with E-state index in [4.69, 9.17) is 5.73 Å². The van der Waals surface area contributed by atoms with Gasteiger partial charge >= 0.3 is 0 Å². The first kappa shape index (κ1) is 11.6. The number of nitrogen functional groups attached to an aromatic ring is 1. The van der Waals surface area contributed by atoms with Crippen molar-refractivity contribution in [3.63, 3.8) is 0 Å². The molecule has 3 rings (SSSR count). The molecule has 0 radical (unpaired) electrons. The number of nitrogens with two attached hydrogens (primary N) is 1. The van der Waals surface area contributed by atoms with E-state index in [9.17, 15) is 9.18 Å². The second kappa shape index (κ2) is 4.34. The first-order valence-corrected chi connectivity index (χ1v) is 5.93. The number of H-pyrrole nitrogens is 1. The smallest absolute Gasteiger partial charge is 0.279 e. The van der Waals surface area contributed by atoms with Gasteiger partial charge < -0.3 is 11.1 Å². The molecule has 7 heteroatoms. The third-order valence-corrected chi connectivity index (χ3v) is 2.99. The molecule has 2 aromatic rings. The summed E-state index contributed by atoms with van der Waals surface area (Å²) in [6.07, 6.45) is 2.11. The van der Waals surface area contributed by atoms with Gasteiger partial charge in [-0.2, -0.15) is 9.49 Å². The molecule has 1 fully saturated rings. The molecule has 0 atom stereocenters. The van der Waals surface area contributed by atoms with Crippen molar-refractivity contribution in [1.29, 1.82) is 0 Å². The van der Waals surface area contributed by atoms with Crippen molar-refractivity contribution >= 4 is 17.4 Å². The second-order valence-corrected chi connectivity index (χ2v) is 4.47. The molecule has 6 nitrogen and oxygen atoms in total. The largest absolute Gasteiger partial charge is 0.395 e. The molecule has 4 N–H and O–H groups in total. The predicted molar refractivity (Wildman–Crippen MR) is 67.1 cm³/mol. The number of aromatic nitrogens is 3. The first-order valence-electron chi connectivity index (χ1n) is 5.93. The molecule has 0 bridgehead atoms. The summed E-state index contributed by atoms with van der Waals surface area (Å²) < 4.78 is 12.9. The molecule has 0 unspecified atom stereocenters. The second-order valence-electron chi connectivity index (χ2n) is 4.47. The molecule has 2 heterocycles. The Labute approximate surface area is 108 Å². The highest BCUT2D eigenvalue weighted by Crippen LogP contribution is 2.42. The van der Waals surface area contributed by atoms with Crippen LogP contribution in [0.5, 0.6) is 0 Å². The minimum Gasteiger partial charge on any atom is -0.395 e. The summed E-state index contributed by atoms with van der Waals surface area (Å²) in [6, 6.07) is 4.15. The number of amides is 1. The number of nitrogens with zero attached hydrogens (tertiary/aromatic N) is 2. The number of hydrogen-bond donors (Lipinski definition) is 3. The van der Waals surface area contributed by atoms with Crippen LogP contribution in [0.1, 0.15) is 34.9 Å². The molecule has 0 aromatic carbocycles. The Balaban J connectivity index is 1.80. The van der Waals surface area contributed by atoms with Crippen LogP contribution in [0.15, 0.2) is 18.2 Å². The topological polar surface area (TPSA) is 96.7 Å². The summed E-state index contributed by atoms with van der Waals surface area (Å²) in [5.74, 6) is -0.660. The van der Waals surface area contributed by atoms with Crippen molar-refractivity contribution in [2.75, 3.05) is 11.1 Å². The van der Waals surface area contributed by atoms with E-state index in [1.165, 1.54) is 18.2 Å². The molecule has 1 aliphatic carbocycles. The van der Waals surface area contributed by atoms with Crippen LogP contribution in [0.3, 0.4) is 0 Å². The summed E-state index contributed by atoms with van der Waals surface area (Å²) in [6.45, 7) is 0. The molecule has 0 aliphatic heterocycles. The number of rotatable bonds is 3. The van der Waals surface area contributed by atoms with Crippen LogP contribution in [0.4, 0.5) is 15.9 Å². The Hall–Kier alpha value is -2.44. The van der Waals surface area contributed by atoms with Gasteiger partial charge in [-0.15, -0.1) is 0 Å². The maximum absolute atomic E-state index is 12.9. The van der Waals surface area contributed by atoms with E-state index in [0.717, 1.165) is 18.5 Å². The van der Waals surface area contributed by atoms with Gasteiger partial charge in [0.1, 0.15) is 5.82 Å². The zero-order valence-electron chi connectivity index (χ0n) is 9.98. The number of hydrogen-bond acceptors (Lipinski definition) is 4. The SMILES string of the molecule is Nc1c(C(=O)Nc2cccc(F)n2)n[nH]c1C1CC1. The maximum Gasteiger partial charge on any atom is 0.279 e. The van der Waals surface area contributed by atoms with E-state index in [0.29, 0.717) is 11.6 Å². The van der Waals surface area contributed by atoms with Gasteiger partial charge in [0.05, 0.1) is 11.4 Å². The van der Waals surface area contributed by atoms with E-state index >= 15 is 0 Å². The van der Waals surface area contributed by atoms with Gasteiger partial charge in [0, 0.05) is 5.92 Å². The fourth-order valence-corrected chi connectivity index (χ4v) is 1.87. The standard InChI is InChI=1S/C12H12FN5O/c13-7-2-1-3-8(15-7)16-12(19)11-9(14)10(17-18-11)6-4-5-6/h1-3,6H,4-5,14H2,(H,17,18)(H,15,16,19). The number of nitrogens with one attached hydrogen (secondary N) is 2. The number of anilines is 2. The monoisotopic (exact) mass is 261 g/mol. The van der Waals surface area contributed by atoms with Crippen LogP contribution in [0, 0.1) is 5.95 Å². The Morgan fingerprint density at radius 3 is 2.95 bits per heavy atom. The number of halogens is 1. The van der Waals surface area contributed by atoms with Crippen LogP contribution in [0.25, 0.3) is 0 Å². The molecule has 0 spiro atoms. The van der Waals surface area contributed by atoms with E-state index in [2.05, 4.69) is 20.5 Å². The summed E-state index contributed by atoms with van der Waals surface area (Å²) in [7, 11) is 0. The minimum atomic E-state index is -0.661. The average molecular weight is 261 g/mol. The number of carbonyl (C=O) groups excluding carboxylic acids is 1. The lowest BCUT2D eigenvalue weighted by Gasteiger charge is -2.02. The number of aromatic amines is 1. The third-order valence-electron chi connectivity index (χ3n) is 2.99. The summed E-state index contributed by atoms with van der Waals surface area (Å²) in [5.41, 5.74) is 7.16. The van der Waals surface area contributed by atoms with E-state index < -0.39 is 11.9 Å². The van der Waals surface area contributed by atoms with Gasteiger partial charge in [0.15, 0.2) is 5.69 Å². The minimum absolute atomic E-state index is 0.118. The highest BCUT2D eigenvalue weighted by atomic mass is 19.1. The lowest BCUT2D eigenvalue weighted by atomic mass is 10.2. The van der Waals surface area contributed by atoms with Crippen LogP contribution < -0.4 is 11.1 Å². The normalized spacial score (nSPS) is 14.4. The van der Waals surface area contributed by atoms with Crippen molar-refractivity contribution in [3.05, 3.63) is 35.5 Å². The van der Waals surface area contributed by atoms with Gasteiger partial charge in [0.2, 0.25) is 5.95 Å². The average Bonchev–Trinajstić information content (AvgIpc) is 3.13. The number of pyridine rings is 1. The zero-order valence-corrected chi connectivity index (χ0v) is 9.98. The predicted octanol–water partition coefficient (Wildman–Crippen LogP) is 1.66. The van der Waals surface area contributed by atoms with Crippen LogP contribution in [-0.2, 0) is 0 Å². The Morgan fingerprint density at radius 1 is 1.47 bits per heavy atom. The molecule has 0 saturated heterocycles. The molecule has 19 heavy (non-hydrogen) atoms. The molecular formula is C12H12FN5O. The molecule has 1 amide bonds. The molecule has 2 aromatic heterocycles. The lowest BCUT2D eigenvalue weighted by Crippen LogP contribution is -2.15. The fraction of sp³-hybridized carbons (Fsp3) is 0.250. The summed E-state index contributed by atoms with van der Waals surface area (Å²) in [5, 5.41) is 9.16. The highest BCUT2D eigenvalue weighted by molar-refractivity contribution is 6.06. The molecule has 1 aliphatic rings. The van der Waals surface area contributed by atoms with E-state index in [1.807, 2.05) is 0 Å². The van der Waals surface area contributed by atoms with Crippen molar-refractivity contribution < 1.29 is 9.18 Å². The van der Waals surface area contributed by atoms with Gasteiger partial charge in [-0.3, -0.25) is 9.89 Å². The van der Waals surface area contributed by atoms with E-state index in [-0.39, 0.29) is 11.5 Å². The quantitative estimate of drug-likeness (QED) is 0.732. The lowest BCUT2D eigenvalue weighted by molar-refractivity contribution is 0.102. The first-order chi connectivity index (χ1) is 9.15. The van der Waals surface area contributed by atoms with E-state index in [1.54, 1.807) is 0 Å². The molecule has 1 saturated carbocycles. The van der Waals surface area contributed by atoms with Crippen molar-refractivity contribution in [3.8, 4) is 0 Å². The Kier molecular flexibility index (Phi) is 2.66. The summed E-state index contributed by atoms with van der Waals surface area (Å²) in [4.78, 5) is 15.5. The number of carbonyl (C=O) groups is 1. The Bertz CT molecular complexity index is 635. The van der Waals surface area contributed by atoms with Crippen molar-refractivity contribution in [2.24, 2.45) is 0 Å². The molecular weight excluding hydrogens is 249 g/mol. The third kappa shape index (κ3) is 2.26. The fourth-order valence-electron chi connectivity index (χ4n) is 1.87. The van der Waals surface area contributed by atoms with Crippen LogP contribution >= 0.6 is 0 Å². The van der Waals surface area contributed by atoms with Crippen molar-refractivity contribution in [2.45, 2.75) is 18.8 Å². The zero-order chi connectivity index (χ0) is 13.4. The Morgan fingerprint density at radius 2 is 2.26 bits per heavy atom. The van der Waals surface area contributed by atoms with Gasteiger partial charge in [-0.1, -0.05) is 6.07 Å². The van der Waals surface area contributed by atoms with Gasteiger partial charge in [-0.05, 0) is 25.0 Å². The van der Waals surface area contributed by atoms with Crippen LogP contribution in [-0.4, -0.2) is 21.1 Å². The van der Waals surface area contributed by atoms with Gasteiger partial charge in [0.25, 0.3) is 5.91 Å². The van der Waals surface area contributed by atoms with Crippen LogP contribution in [0.2, 0.25) is 0 Å². The van der Waals surface area contributed by atoms with Gasteiger partial charge in [-0.25, -0.2) is 4.98 Å². The highest BCUT2D eigenvalue weighted by Gasteiger charge is 2.30. The summed E-state index contributed by atoms with van der Waals surface area (Å²) >= 11 is 0. The molecule has 98 valence electrons. The maximum atomic E-state index is 12.9.